The number of benzene rings is 2. The minimum Gasteiger partial charge on any atom is -0.508 e. The van der Waals surface area contributed by atoms with Gasteiger partial charge in [0, 0.05) is 28.9 Å². The highest BCUT2D eigenvalue weighted by atomic mass is 19.4. The maximum Gasteiger partial charge on any atom is 0.430 e. The van der Waals surface area contributed by atoms with Gasteiger partial charge < -0.3 is 35.0 Å². The van der Waals surface area contributed by atoms with Gasteiger partial charge in [-0.3, -0.25) is 0 Å². The number of hydrogen-bond donors (Lipinski definition) is 5. The van der Waals surface area contributed by atoms with Gasteiger partial charge in [0.05, 0.1) is 0 Å². The number of ether oxygens (including phenoxy) is 2. The van der Waals surface area contributed by atoms with Crippen LogP contribution in [0.25, 0.3) is 0 Å². The predicted molar refractivity (Wildman–Crippen MR) is 140 cm³/mol. The van der Waals surface area contributed by atoms with Crippen LogP contribution in [0.2, 0.25) is 0 Å². The summed E-state index contributed by atoms with van der Waals surface area (Å²) in [6.07, 6.45) is -54.8. The van der Waals surface area contributed by atoms with Gasteiger partial charge in [-0.2, -0.15) is 105 Å². The van der Waals surface area contributed by atoms with Crippen molar-refractivity contribution in [1.29, 1.82) is 0 Å². The first-order valence-electron chi connectivity index (χ1n) is 14.4. The standard InChI is InChI=1S/C16H14F12O4.C12H6F12O3/c1-3-31-7(2)32-10-5-8(11(29,13(17,18)19)14(20,21)22)4-9(6-10)12(30,15(23,24)25)16(26,27)28;13-9(14,15)7(26,10(16,17)18)4-1-5(3-6(25)2-4)8(27,11(19,20)21)12(22,23)24/h4-7,29-30H,3H2,1-2H3;1-3,25-27H. The van der Waals surface area contributed by atoms with E-state index in [1.54, 1.807) is 0 Å². The Kier molecular flexibility index (Phi) is 14.3. The van der Waals surface area contributed by atoms with Gasteiger partial charge in [0.2, 0.25) is 0 Å². The smallest absolute Gasteiger partial charge is 0.430 e. The molecule has 0 heterocycles. The van der Waals surface area contributed by atoms with E-state index >= 15 is 0 Å². The first kappa shape index (κ1) is 53.2. The number of halogens is 24. The minimum absolute atomic E-state index is 0.183. The van der Waals surface area contributed by atoms with Crippen LogP contribution >= 0.6 is 0 Å². The lowest BCUT2D eigenvalue weighted by Crippen LogP contribution is -2.55. The van der Waals surface area contributed by atoms with Crippen molar-refractivity contribution in [2.45, 2.75) is 92.0 Å². The molecule has 0 radical (unpaired) electrons. The summed E-state index contributed by atoms with van der Waals surface area (Å²) in [6, 6.07) is -3.53. The monoisotopic (exact) mass is 924 g/mol. The number of aromatic hydroxyl groups is 1. The molecule has 0 bridgehead atoms. The summed E-state index contributed by atoms with van der Waals surface area (Å²) in [7, 11) is 0. The van der Waals surface area contributed by atoms with Crippen molar-refractivity contribution >= 4 is 0 Å². The summed E-state index contributed by atoms with van der Waals surface area (Å²) >= 11 is 0. The fraction of sp³-hybridized carbons (Fsp3) is 0.571. The second-order valence-electron chi connectivity index (χ2n) is 11.5. The summed E-state index contributed by atoms with van der Waals surface area (Å²) in [5.74, 6) is -3.36. The molecule has 7 nitrogen and oxygen atoms in total. The Morgan fingerprint density at radius 2 is 0.610 bits per heavy atom. The molecule has 0 fully saturated rings. The Labute approximate surface area is 310 Å². The second kappa shape index (κ2) is 15.9. The Bertz CT molecular complexity index is 1580. The van der Waals surface area contributed by atoms with Crippen LogP contribution in [-0.2, 0) is 27.1 Å². The van der Waals surface area contributed by atoms with Gasteiger partial charge in [-0.05, 0) is 50.2 Å². The topological polar surface area (TPSA) is 120 Å². The molecule has 1 unspecified atom stereocenters. The minimum atomic E-state index is -6.66. The maximum atomic E-state index is 13.2. The van der Waals surface area contributed by atoms with Crippen molar-refractivity contribution in [3.8, 4) is 11.5 Å². The average Bonchev–Trinajstić information content (AvgIpc) is 2.98. The Morgan fingerprint density at radius 3 is 0.797 bits per heavy atom. The molecule has 31 heteroatoms. The lowest BCUT2D eigenvalue weighted by atomic mass is 9.85. The van der Waals surface area contributed by atoms with Crippen molar-refractivity contribution in [1.82, 2.24) is 0 Å². The molecule has 2 aromatic rings. The molecule has 0 aliphatic carbocycles. The van der Waals surface area contributed by atoms with Crippen molar-refractivity contribution in [2.75, 3.05) is 6.61 Å². The zero-order chi connectivity index (χ0) is 47.4. The number of alkyl halides is 24. The van der Waals surface area contributed by atoms with Crippen molar-refractivity contribution < 1.29 is 140 Å². The molecule has 0 aromatic heterocycles. The first-order valence-corrected chi connectivity index (χ1v) is 14.4. The first-order chi connectivity index (χ1) is 25.6. The normalized spacial score (nSPS) is 15.4. The van der Waals surface area contributed by atoms with Crippen LogP contribution in [-0.4, -0.2) is 87.8 Å². The quantitative estimate of drug-likeness (QED) is 0.133. The highest BCUT2D eigenvalue weighted by molar-refractivity contribution is 5.44. The summed E-state index contributed by atoms with van der Waals surface area (Å²) < 4.78 is 320. The molecule has 0 saturated carbocycles. The van der Waals surface area contributed by atoms with E-state index in [0.717, 1.165) is 6.92 Å². The Hall–Kier alpha value is -3.84. The van der Waals surface area contributed by atoms with Crippen LogP contribution in [0.15, 0.2) is 36.4 Å². The molecular weight excluding hydrogens is 904 g/mol. The highest BCUT2D eigenvalue weighted by Gasteiger charge is 2.76. The van der Waals surface area contributed by atoms with Gasteiger partial charge in [-0.25, -0.2) is 0 Å². The number of phenolic OH excluding ortho intramolecular Hbond substituents is 1. The fourth-order valence-electron chi connectivity index (χ4n) is 4.53. The molecule has 342 valence electrons. The lowest BCUT2D eigenvalue weighted by Gasteiger charge is -2.36. The van der Waals surface area contributed by atoms with Crippen LogP contribution < -0.4 is 4.74 Å². The van der Waals surface area contributed by atoms with Gasteiger partial charge in [0.25, 0.3) is 22.4 Å². The van der Waals surface area contributed by atoms with E-state index in [0.29, 0.717) is 0 Å². The van der Waals surface area contributed by atoms with Gasteiger partial charge >= 0.3 is 49.4 Å². The summed E-state index contributed by atoms with van der Waals surface area (Å²) in [4.78, 5) is 0. The van der Waals surface area contributed by atoms with Crippen molar-refractivity contribution in [3.05, 3.63) is 58.7 Å². The molecule has 59 heavy (non-hydrogen) atoms. The van der Waals surface area contributed by atoms with E-state index < -0.39 is 136 Å². The van der Waals surface area contributed by atoms with Crippen molar-refractivity contribution in [3.63, 3.8) is 0 Å². The average molecular weight is 924 g/mol. The maximum absolute atomic E-state index is 13.2. The largest absolute Gasteiger partial charge is 0.508 e. The molecule has 1 atom stereocenters. The van der Waals surface area contributed by atoms with Gasteiger partial charge in [-0.15, -0.1) is 0 Å². The van der Waals surface area contributed by atoms with Gasteiger partial charge in [0.15, 0.2) is 6.29 Å². The van der Waals surface area contributed by atoms with E-state index in [2.05, 4.69) is 4.74 Å². The van der Waals surface area contributed by atoms with Crippen LogP contribution in [0, 0.1) is 0 Å². The van der Waals surface area contributed by atoms with Gasteiger partial charge in [-0.1, -0.05) is 0 Å². The lowest BCUT2D eigenvalue weighted by molar-refractivity contribution is -0.379. The fourth-order valence-corrected chi connectivity index (χ4v) is 4.53. The van der Waals surface area contributed by atoms with E-state index in [1.807, 2.05) is 0 Å². The Morgan fingerprint density at radius 1 is 0.407 bits per heavy atom. The number of rotatable bonds is 8. The number of phenols is 1. The molecule has 2 aromatic carbocycles. The second-order valence-corrected chi connectivity index (χ2v) is 11.5. The van der Waals surface area contributed by atoms with Crippen LogP contribution in [0.5, 0.6) is 11.5 Å². The van der Waals surface area contributed by atoms with Crippen LogP contribution in [0.4, 0.5) is 105 Å². The zero-order valence-electron chi connectivity index (χ0n) is 27.9. The van der Waals surface area contributed by atoms with Crippen LogP contribution in [0.3, 0.4) is 0 Å². The molecular formula is C28H20F24O7. The number of aliphatic hydroxyl groups is 4. The molecule has 0 saturated heterocycles. The zero-order valence-corrected chi connectivity index (χ0v) is 27.9. The molecule has 0 aliphatic rings. The third-order valence-electron chi connectivity index (χ3n) is 7.48. The SMILES string of the molecule is CCOC(C)Oc1cc(C(O)(C(F)(F)F)C(F)(F)F)cc(C(O)(C(F)(F)F)C(F)(F)F)c1.Oc1cc(C(O)(C(F)(F)F)C(F)(F)F)cc(C(O)(C(F)(F)F)C(F)(F)F)c1. The summed E-state index contributed by atoms with van der Waals surface area (Å²) in [5, 5.41) is 46.1. The number of hydrogen-bond acceptors (Lipinski definition) is 7. The highest BCUT2D eigenvalue weighted by Crippen LogP contribution is 2.56. The summed E-state index contributed by atoms with van der Waals surface area (Å²) in [6.45, 7) is 2.12. The van der Waals surface area contributed by atoms with Crippen LogP contribution in [0.1, 0.15) is 36.1 Å². The van der Waals surface area contributed by atoms with E-state index in [1.165, 1.54) is 6.92 Å². The van der Waals surface area contributed by atoms with Gasteiger partial charge in [0.1, 0.15) is 11.5 Å². The molecule has 2 rings (SSSR count). The van der Waals surface area contributed by atoms with Crippen molar-refractivity contribution in [2.24, 2.45) is 0 Å². The van der Waals surface area contributed by atoms with E-state index in [4.69, 9.17) is 20.1 Å². The van der Waals surface area contributed by atoms with E-state index in [-0.39, 0.29) is 18.7 Å². The third kappa shape index (κ3) is 9.71. The molecule has 0 spiro atoms. The molecule has 5 N–H and O–H groups in total. The molecule has 0 amide bonds. The Balaban J connectivity index is 0.000000599. The van der Waals surface area contributed by atoms with E-state index in [9.17, 15) is 116 Å². The predicted octanol–water partition coefficient (Wildman–Crippen LogP) is 9.09. The molecule has 0 aliphatic heterocycles. The third-order valence-corrected chi connectivity index (χ3v) is 7.48. The summed E-state index contributed by atoms with van der Waals surface area (Å²) in [5.41, 5.74) is -34.0.